The van der Waals surface area contributed by atoms with Gasteiger partial charge in [-0.05, 0) is 54.2 Å². The lowest BCUT2D eigenvalue weighted by atomic mass is 9.87. The summed E-state index contributed by atoms with van der Waals surface area (Å²) in [5.41, 5.74) is 6.74. The molecule has 2 aromatic rings. The minimum absolute atomic E-state index is 0.0211. The Morgan fingerprint density at radius 3 is 2.63 bits per heavy atom. The van der Waals surface area contributed by atoms with Crippen LogP contribution in [-0.2, 0) is 11.2 Å². The van der Waals surface area contributed by atoms with Crippen LogP contribution in [-0.4, -0.2) is 41.5 Å². The molecule has 0 saturated carbocycles. The molecular weight excluding hydrogens is 376 g/mol. The van der Waals surface area contributed by atoms with E-state index in [1.54, 1.807) is 0 Å². The summed E-state index contributed by atoms with van der Waals surface area (Å²) in [6.07, 6.45) is 2.24. The zero-order valence-corrected chi connectivity index (χ0v) is 18.2. The highest BCUT2D eigenvalue weighted by Crippen LogP contribution is 2.27. The Hall–Kier alpha value is -2.92. The molecule has 0 atom stereocenters. The van der Waals surface area contributed by atoms with Crippen LogP contribution in [0.25, 0.3) is 6.08 Å². The number of urea groups is 1. The number of nitrogens with one attached hydrogen (secondary N) is 1. The molecule has 5 nitrogen and oxygen atoms in total. The fraction of sp³-hybridized carbons (Fsp3) is 0.360. The van der Waals surface area contributed by atoms with Crippen molar-refractivity contribution in [1.29, 1.82) is 0 Å². The van der Waals surface area contributed by atoms with Crippen LogP contribution in [0.3, 0.4) is 0 Å². The summed E-state index contributed by atoms with van der Waals surface area (Å²) in [5, 5.41) is 12.5. The standard InChI is InChI=1S/C25H30N2O3/c1-16(2)21-7-5-6-8-23(21)26-25(30)27(9-10-28)15-20-13-19-12-17(3)11-18(4)22(19)14-24(20)29/h5-8,11-13,16,28H,9-10,14-15H2,1-4H3,(H,26,30). The first kappa shape index (κ1) is 21.8. The topological polar surface area (TPSA) is 69.6 Å². The van der Waals surface area contributed by atoms with Crippen LogP contribution in [0, 0.1) is 13.8 Å². The molecule has 0 fully saturated rings. The van der Waals surface area contributed by atoms with Gasteiger partial charge in [0, 0.05) is 24.2 Å². The van der Waals surface area contributed by atoms with E-state index < -0.39 is 0 Å². The van der Waals surface area contributed by atoms with Gasteiger partial charge in [0.05, 0.1) is 13.2 Å². The van der Waals surface area contributed by atoms with E-state index in [4.69, 9.17) is 0 Å². The molecule has 0 heterocycles. The predicted molar refractivity (Wildman–Crippen MR) is 121 cm³/mol. The number of hydrogen-bond donors (Lipinski definition) is 2. The van der Waals surface area contributed by atoms with E-state index in [1.807, 2.05) is 44.2 Å². The van der Waals surface area contributed by atoms with Gasteiger partial charge in [-0.25, -0.2) is 4.79 Å². The number of carbonyl (C=O) groups is 2. The van der Waals surface area contributed by atoms with Gasteiger partial charge in [0.2, 0.25) is 0 Å². The summed E-state index contributed by atoms with van der Waals surface area (Å²) in [6, 6.07) is 11.5. The summed E-state index contributed by atoms with van der Waals surface area (Å²) in [5.74, 6) is 0.283. The van der Waals surface area contributed by atoms with Gasteiger partial charge in [-0.3, -0.25) is 4.79 Å². The third kappa shape index (κ3) is 4.79. The number of nitrogens with zero attached hydrogens (tertiary/aromatic N) is 1. The van der Waals surface area contributed by atoms with Gasteiger partial charge in [0.1, 0.15) is 0 Å². The monoisotopic (exact) mass is 406 g/mol. The number of hydrogen-bond acceptors (Lipinski definition) is 3. The largest absolute Gasteiger partial charge is 0.395 e. The lowest BCUT2D eigenvalue weighted by Crippen LogP contribution is -2.40. The van der Waals surface area contributed by atoms with Crippen molar-refractivity contribution in [2.24, 2.45) is 0 Å². The average Bonchev–Trinajstić information content (AvgIpc) is 2.69. The van der Waals surface area contributed by atoms with Gasteiger partial charge >= 0.3 is 6.03 Å². The van der Waals surface area contributed by atoms with E-state index in [-0.39, 0.29) is 37.4 Å². The van der Waals surface area contributed by atoms with Gasteiger partial charge in [0.25, 0.3) is 0 Å². The number of rotatable bonds is 6. The summed E-state index contributed by atoms with van der Waals surface area (Å²) < 4.78 is 0. The van der Waals surface area contributed by atoms with Gasteiger partial charge in [0.15, 0.2) is 5.78 Å². The molecule has 0 radical (unpaired) electrons. The Morgan fingerprint density at radius 1 is 1.20 bits per heavy atom. The Morgan fingerprint density at radius 2 is 1.93 bits per heavy atom. The average molecular weight is 407 g/mol. The summed E-state index contributed by atoms with van der Waals surface area (Å²) in [4.78, 5) is 27.2. The molecule has 0 unspecified atom stereocenters. The quantitative estimate of drug-likeness (QED) is 0.744. The van der Waals surface area contributed by atoms with E-state index in [0.29, 0.717) is 12.0 Å². The van der Waals surface area contributed by atoms with Crippen LogP contribution in [0.4, 0.5) is 10.5 Å². The number of aryl methyl sites for hydroxylation is 2. The minimum atomic E-state index is -0.322. The molecule has 5 heteroatoms. The fourth-order valence-electron chi connectivity index (χ4n) is 3.96. The number of Topliss-reactive ketones (excluding diaryl/α,β-unsaturated/α-hetero) is 1. The number of aliphatic hydroxyl groups excluding tert-OH is 1. The summed E-state index contributed by atoms with van der Waals surface area (Å²) >= 11 is 0. The molecule has 2 N–H and O–H groups in total. The highest BCUT2D eigenvalue weighted by molar-refractivity contribution is 6.05. The second-order valence-corrected chi connectivity index (χ2v) is 8.24. The van der Waals surface area contributed by atoms with Crippen LogP contribution >= 0.6 is 0 Å². The second-order valence-electron chi connectivity index (χ2n) is 8.24. The molecule has 0 aromatic heterocycles. The highest BCUT2D eigenvalue weighted by Gasteiger charge is 2.24. The number of fused-ring (bicyclic) bond motifs is 1. The molecule has 0 bridgehead atoms. The maximum atomic E-state index is 13.0. The van der Waals surface area contributed by atoms with Crippen molar-refractivity contribution < 1.29 is 14.7 Å². The van der Waals surface area contributed by atoms with Gasteiger partial charge in [-0.15, -0.1) is 0 Å². The predicted octanol–water partition coefficient (Wildman–Crippen LogP) is 4.46. The third-order valence-corrected chi connectivity index (χ3v) is 5.52. The SMILES string of the molecule is Cc1cc(C)c2c(c1)C=C(CN(CCO)C(=O)Nc1ccccc1C(C)C)C(=O)C2. The first-order valence-corrected chi connectivity index (χ1v) is 10.4. The number of anilines is 1. The first-order valence-electron chi connectivity index (χ1n) is 10.4. The molecule has 2 amide bonds. The highest BCUT2D eigenvalue weighted by atomic mass is 16.3. The molecule has 0 spiro atoms. The van der Waals surface area contributed by atoms with Gasteiger partial charge in [-0.2, -0.15) is 0 Å². The zero-order valence-electron chi connectivity index (χ0n) is 18.2. The number of ketones is 1. The minimum Gasteiger partial charge on any atom is -0.395 e. The molecule has 0 saturated heterocycles. The molecule has 1 aliphatic rings. The van der Waals surface area contributed by atoms with E-state index in [9.17, 15) is 14.7 Å². The number of benzene rings is 2. The first-order chi connectivity index (χ1) is 14.3. The number of aliphatic hydroxyl groups is 1. The Bertz CT molecular complexity index is 992. The van der Waals surface area contributed by atoms with Gasteiger partial charge < -0.3 is 15.3 Å². The molecule has 0 aliphatic heterocycles. The van der Waals surface area contributed by atoms with E-state index in [1.165, 1.54) is 4.90 Å². The number of para-hydroxylation sites is 1. The fourth-order valence-corrected chi connectivity index (χ4v) is 3.96. The van der Waals surface area contributed by atoms with Crippen LogP contribution < -0.4 is 5.32 Å². The van der Waals surface area contributed by atoms with E-state index in [2.05, 4.69) is 31.3 Å². The van der Waals surface area contributed by atoms with Crippen molar-refractivity contribution in [2.75, 3.05) is 25.0 Å². The maximum absolute atomic E-state index is 13.0. The smallest absolute Gasteiger partial charge is 0.322 e. The third-order valence-electron chi connectivity index (χ3n) is 5.52. The lowest BCUT2D eigenvalue weighted by molar-refractivity contribution is -0.115. The van der Waals surface area contributed by atoms with Crippen molar-refractivity contribution >= 4 is 23.6 Å². The van der Waals surface area contributed by atoms with Crippen molar-refractivity contribution in [3.63, 3.8) is 0 Å². The molecule has 2 aromatic carbocycles. The van der Waals surface area contributed by atoms with Crippen molar-refractivity contribution in [2.45, 2.75) is 40.0 Å². The van der Waals surface area contributed by atoms with Crippen molar-refractivity contribution in [3.05, 3.63) is 69.8 Å². The van der Waals surface area contributed by atoms with Crippen molar-refractivity contribution in [1.82, 2.24) is 4.90 Å². The van der Waals surface area contributed by atoms with Crippen LogP contribution in [0.1, 0.15) is 47.6 Å². The number of carbonyl (C=O) groups excluding carboxylic acids is 2. The van der Waals surface area contributed by atoms with Crippen molar-refractivity contribution in [3.8, 4) is 0 Å². The van der Waals surface area contributed by atoms with Gasteiger partial charge in [-0.1, -0.05) is 49.7 Å². The number of amides is 2. The Balaban J connectivity index is 1.84. The molecule has 1 aliphatic carbocycles. The molecular formula is C25H30N2O3. The lowest BCUT2D eigenvalue weighted by Gasteiger charge is -2.26. The normalized spacial score (nSPS) is 13.1. The van der Waals surface area contributed by atoms with Crippen LogP contribution in [0.15, 0.2) is 42.0 Å². The van der Waals surface area contributed by atoms with E-state index >= 15 is 0 Å². The Labute approximate surface area is 178 Å². The summed E-state index contributed by atoms with van der Waals surface area (Å²) in [7, 11) is 0. The Kier molecular flexibility index (Phi) is 6.73. The second kappa shape index (κ2) is 9.26. The molecule has 3 rings (SSSR count). The zero-order chi connectivity index (χ0) is 21.8. The molecule has 30 heavy (non-hydrogen) atoms. The maximum Gasteiger partial charge on any atom is 0.322 e. The summed E-state index contributed by atoms with van der Waals surface area (Å²) in [6.45, 7) is 8.36. The van der Waals surface area contributed by atoms with Crippen LogP contribution in [0.2, 0.25) is 0 Å². The van der Waals surface area contributed by atoms with E-state index in [0.717, 1.165) is 33.5 Å². The van der Waals surface area contributed by atoms with Crippen LogP contribution in [0.5, 0.6) is 0 Å². The molecule has 158 valence electrons.